The highest BCUT2D eigenvalue weighted by Gasteiger charge is 2.26. The fourth-order valence-corrected chi connectivity index (χ4v) is 2.97. The smallest absolute Gasteiger partial charge is 0.256 e. The van der Waals surface area contributed by atoms with Crippen LogP contribution < -0.4 is 19.5 Å². The molecule has 0 radical (unpaired) electrons. The molecule has 0 saturated heterocycles. The maximum atomic E-state index is 12.3. The molecule has 3 rings (SSSR count). The van der Waals surface area contributed by atoms with Crippen molar-refractivity contribution in [3.63, 3.8) is 0 Å². The van der Waals surface area contributed by atoms with E-state index in [1.807, 2.05) is 6.07 Å². The van der Waals surface area contributed by atoms with Crippen LogP contribution in [-0.2, 0) is 4.79 Å². The fraction of sp³-hybridized carbons (Fsp3) is 0.167. The number of halogens is 1. The number of rotatable bonds is 4. The minimum absolute atomic E-state index is 0.202. The van der Waals surface area contributed by atoms with Crippen molar-refractivity contribution in [2.75, 3.05) is 26.6 Å². The van der Waals surface area contributed by atoms with E-state index in [1.165, 1.54) is 0 Å². The van der Waals surface area contributed by atoms with Crippen molar-refractivity contribution < 1.29 is 19.0 Å². The van der Waals surface area contributed by atoms with Crippen molar-refractivity contribution in [2.24, 2.45) is 0 Å². The number of benzene rings is 2. The summed E-state index contributed by atoms with van der Waals surface area (Å²) < 4.78 is 16.0. The number of ether oxygens (including phenoxy) is 3. The van der Waals surface area contributed by atoms with Crippen LogP contribution in [0.1, 0.15) is 11.1 Å². The van der Waals surface area contributed by atoms with Gasteiger partial charge in [0.2, 0.25) is 5.75 Å². The number of carbonyl (C=O) groups is 1. The van der Waals surface area contributed by atoms with Crippen LogP contribution in [0, 0.1) is 0 Å². The summed E-state index contributed by atoms with van der Waals surface area (Å²) in [7, 11) is 4.63. The van der Waals surface area contributed by atoms with E-state index in [1.54, 1.807) is 51.7 Å². The van der Waals surface area contributed by atoms with E-state index in [2.05, 4.69) is 5.32 Å². The van der Waals surface area contributed by atoms with Crippen molar-refractivity contribution in [2.45, 2.75) is 0 Å². The third kappa shape index (κ3) is 2.67. The second kappa shape index (κ2) is 6.45. The van der Waals surface area contributed by atoms with E-state index in [0.29, 0.717) is 39.1 Å². The predicted molar refractivity (Wildman–Crippen MR) is 94.1 cm³/mol. The summed E-state index contributed by atoms with van der Waals surface area (Å²) in [5, 5.41) is 3.33. The molecule has 2 aromatic carbocycles. The minimum Gasteiger partial charge on any atom is -0.493 e. The molecule has 6 heteroatoms. The summed E-state index contributed by atoms with van der Waals surface area (Å²) in [6, 6.07) is 8.91. The number of methoxy groups -OCH3 is 3. The molecule has 0 saturated carbocycles. The second-order valence-electron chi connectivity index (χ2n) is 5.13. The number of hydrogen-bond donors (Lipinski definition) is 1. The predicted octanol–water partition coefficient (Wildman–Crippen LogP) is 3.86. The van der Waals surface area contributed by atoms with Gasteiger partial charge in [0.1, 0.15) is 0 Å². The van der Waals surface area contributed by atoms with Crippen molar-refractivity contribution in [3.05, 3.63) is 46.5 Å². The van der Waals surface area contributed by atoms with Gasteiger partial charge in [-0.3, -0.25) is 4.79 Å². The Morgan fingerprint density at radius 2 is 1.71 bits per heavy atom. The number of amides is 1. The molecule has 1 amide bonds. The number of hydrogen-bond acceptors (Lipinski definition) is 4. The Morgan fingerprint density at radius 3 is 2.29 bits per heavy atom. The molecule has 24 heavy (non-hydrogen) atoms. The Labute approximate surface area is 144 Å². The van der Waals surface area contributed by atoms with Crippen molar-refractivity contribution in [1.29, 1.82) is 0 Å². The van der Waals surface area contributed by atoms with E-state index < -0.39 is 0 Å². The zero-order chi connectivity index (χ0) is 17.3. The molecule has 0 aliphatic carbocycles. The van der Waals surface area contributed by atoms with Gasteiger partial charge >= 0.3 is 0 Å². The molecule has 1 heterocycles. The zero-order valence-electron chi connectivity index (χ0n) is 13.5. The monoisotopic (exact) mass is 345 g/mol. The van der Waals surface area contributed by atoms with Crippen LogP contribution in [0.4, 0.5) is 5.69 Å². The van der Waals surface area contributed by atoms with Gasteiger partial charge in [0, 0.05) is 5.56 Å². The van der Waals surface area contributed by atoms with Gasteiger partial charge in [-0.05, 0) is 35.9 Å². The summed E-state index contributed by atoms with van der Waals surface area (Å²) in [5.74, 6) is 1.33. The topological polar surface area (TPSA) is 56.8 Å². The van der Waals surface area contributed by atoms with Crippen LogP contribution in [0.5, 0.6) is 17.2 Å². The summed E-state index contributed by atoms with van der Waals surface area (Å²) >= 11 is 6.26. The lowest BCUT2D eigenvalue weighted by Crippen LogP contribution is -2.03. The van der Waals surface area contributed by atoms with Crippen molar-refractivity contribution in [3.8, 4) is 17.2 Å². The van der Waals surface area contributed by atoms with Gasteiger partial charge in [-0.1, -0.05) is 17.7 Å². The molecule has 1 aliphatic rings. The Bertz CT molecular complexity index is 820. The Hall–Kier alpha value is -2.66. The first-order valence-electron chi connectivity index (χ1n) is 7.21. The first-order chi connectivity index (χ1) is 11.6. The van der Waals surface area contributed by atoms with E-state index in [9.17, 15) is 4.79 Å². The Morgan fingerprint density at radius 1 is 1.04 bits per heavy atom. The highest BCUT2D eigenvalue weighted by Crippen LogP contribution is 2.41. The lowest BCUT2D eigenvalue weighted by molar-refractivity contribution is -0.110. The van der Waals surface area contributed by atoms with E-state index in [0.717, 1.165) is 5.56 Å². The van der Waals surface area contributed by atoms with E-state index in [4.69, 9.17) is 25.8 Å². The Balaban J connectivity index is 2.15. The van der Waals surface area contributed by atoms with Gasteiger partial charge in [-0.25, -0.2) is 0 Å². The summed E-state index contributed by atoms with van der Waals surface area (Å²) in [5.41, 5.74) is 2.62. The van der Waals surface area contributed by atoms with Gasteiger partial charge in [-0.15, -0.1) is 0 Å². The maximum Gasteiger partial charge on any atom is 0.256 e. The molecule has 0 fully saturated rings. The standard InChI is InChI=1S/C18H16ClNO4/c1-22-14-8-10(9-15(23-2)17(14)24-3)7-11-16-12(19)5-4-6-13(16)20-18(11)21/h4-9H,1-3H3,(H,20,21)/b11-7-. The zero-order valence-corrected chi connectivity index (χ0v) is 14.2. The third-order valence-corrected chi connectivity index (χ3v) is 4.09. The molecule has 0 spiro atoms. The van der Waals surface area contributed by atoms with Crippen LogP contribution in [0.2, 0.25) is 5.02 Å². The lowest BCUT2D eigenvalue weighted by atomic mass is 10.0. The van der Waals surface area contributed by atoms with E-state index >= 15 is 0 Å². The average Bonchev–Trinajstić information content (AvgIpc) is 2.90. The maximum absolute atomic E-state index is 12.3. The normalized spacial score (nSPS) is 14.3. The molecule has 5 nitrogen and oxygen atoms in total. The summed E-state index contributed by atoms with van der Waals surface area (Å²) in [6.45, 7) is 0. The molecule has 0 bridgehead atoms. The molecule has 124 valence electrons. The summed E-state index contributed by atoms with van der Waals surface area (Å²) in [6.07, 6.45) is 1.75. The van der Waals surface area contributed by atoms with Crippen molar-refractivity contribution >= 4 is 34.8 Å². The third-order valence-electron chi connectivity index (χ3n) is 3.77. The van der Waals surface area contributed by atoms with Gasteiger partial charge in [0.25, 0.3) is 5.91 Å². The molecule has 0 unspecified atom stereocenters. The first kappa shape index (κ1) is 16.2. The Kier molecular flexibility index (Phi) is 4.36. The van der Waals surface area contributed by atoms with Crippen LogP contribution in [0.25, 0.3) is 11.6 Å². The van der Waals surface area contributed by atoms with Crippen molar-refractivity contribution in [1.82, 2.24) is 0 Å². The lowest BCUT2D eigenvalue weighted by Gasteiger charge is -2.13. The average molecular weight is 346 g/mol. The molecule has 1 N–H and O–H groups in total. The molecule has 1 aliphatic heterocycles. The van der Waals surface area contributed by atoms with Crippen LogP contribution in [0.15, 0.2) is 30.3 Å². The molecule has 2 aromatic rings. The van der Waals surface area contributed by atoms with Gasteiger partial charge in [0.05, 0.1) is 37.6 Å². The number of fused-ring (bicyclic) bond motifs is 1. The van der Waals surface area contributed by atoms with Crippen LogP contribution >= 0.6 is 11.6 Å². The first-order valence-corrected chi connectivity index (χ1v) is 7.58. The highest BCUT2D eigenvalue weighted by molar-refractivity contribution is 6.41. The SMILES string of the molecule is COc1cc(/C=C2\C(=O)Nc3cccc(Cl)c32)cc(OC)c1OC. The minimum atomic E-state index is -0.202. The molecule has 0 atom stereocenters. The molecular weight excluding hydrogens is 330 g/mol. The van der Waals surface area contributed by atoms with Gasteiger partial charge < -0.3 is 19.5 Å². The second-order valence-corrected chi connectivity index (χ2v) is 5.54. The molecular formula is C18H16ClNO4. The number of carbonyl (C=O) groups excluding carboxylic acids is 1. The highest BCUT2D eigenvalue weighted by atomic mass is 35.5. The van der Waals surface area contributed by atoms with Crippen LogP contribution in [0.3, 0.4) is 0 Å². The fourth-order valence-electron chi connectivity index (χ4n) is 2.69. The number of anilines is 1. The summed E-state index contributed by atoms with van der Waals surface area (Å²) in [4.78, 5) is 12.3. The quantitative estimate of drug-likeness (QED) is 0.855. The largest absolute Gasteiger partial charge is 0.493 e. The van der Waals surface area contributed by atoms with E-state index in [-0.39, 0.29) is 5.91 Å². The van der Waals surface area contributed by atoms with Gasteiger partial charge in [-0.2, -0.15) is 0 Å². The van der Waals surface area contributed by atoms with Crippen LogP contribution in [-0.4, -0.2) is 27.2 Å². The molecule has 0 aromatic heterocycles. The number of nitrogens with one attached hydrogen (secondary N) is 1. The van der Waals surface area contributed by atoms with Gasteiger partial charge in [0.15, 0.2) is 11.5 Å².